The number of carboxylic acid groups (broad SMARTS) is 1. The normalized spacial score (nSPS) is 10.2. The van der Waals surface area contributed by atoms with Crippen molar-refractivity contribution >= 4 is 5.97 Å². The molecule has 1 heterocycles. The van der Waals surface area contributed by atoms with Gasteiger partial charge in [0.1, 0.15) is 17.9 Å². The van der Waals surface area contributed by atoms with Gasteiger partial charge >= 0.3 is 5.97 Å². The molecule has 0 spiro atoms. The summed E-state index contributed by atoms with van der Waals surface area (Å²) in [5, 5.41) is 8.61. The molecule has 1 N–H and O–H groups in total. The van der Waals surface area contributed by atoms with Crippen LogP contribution in [0.5, 0.6) is 5.75 Å². The quantitative estimate of drug-likeness (QED) is 0.874. The lowest BCUT2D eigenvalue weighted by atomic mass is 10.2. The molecule has 1 aromatic carbocycles. The second-order valence-electron chi connectivity index (χ2n) is 3.43. The van der Waals surface area contributed by atoms with E-state index in [1.54, 1.807) is 31.4 Å². The Labute approximate surface area is 97.7 Å². The second-order valence-corrected chi connectivity index (χ2v) is 3.43. The van der Waals surface area contributed by atoms with Crippen LogP contribution in [0.2, 0.25) is 0 Å². The van der Waals surface area contributed by atoms with Crippen LogP contribution in [0.3, 0.4) is 0 Å². The maximum absolute atomic E-state index is 10.5. The molecule has 0 aliphatic heterocycles. The first-order valence-electron chi connectivity index (χ1n) is 5.00. The molecule has 0 saturated carbocycles. The van der Waals surface area contributed by atoms with E-state index < -0.39 is 5.97 Å². The van der Waals surface area contributed by atoms with Crippen LogP contribution >= 0.6 is 0 Å². The molecule has 0 unspecified atom stereocenters. The van der Waals surface area contributed by atoms with Crippen molar-refractivity contribution in [2.75, 3.05) is 7.11 Å². The summed E-state index contributed by atoms with van der Waals surface area (Å²) >= 11 is 0. The minimum Gasteiger partial charge on any atom is -0.497 e. The highest BCUT2D eigenvalue weighted by Crippen LogP contribution is 2.22. The van der Waals surface area contributed by atoms with E-state index in [0.29, 0.717) is 11.7 Å². The van der Waals surface area contributed by atoms with Crippen LogP contribution in [-0.2, 0) is 11.2 Å². The number of rotatable bonds is 4. The lowest BCUT2D eigenvalue weighted by Crippen LogP contribution is -1.97. The molecule has 2 rings (SSSR count). The van der Waals surface area contributed by atoms with Gasteiger partial charge in [0.05, 0.1) is 13.3 Å². The van der Waals surface area contributed by atoms with Crippen molar-refractivity contribution in [2.24, 2.45) is 0 Å². The van der Waals surface area contributed by atoms with Crippen LogP contribution in [0.15, 0.2) is 34.9 Å². The fourth-order valence-corrected chi connectivity index (χ4v) is 1.41. The number of ether oxygens (including phenoxy) is 1. The Balaban J connectivity index is 2.21. The van der Waals surface area contributed by atoms with E-state index in [9.17, 15) is 4.79 Å². The molecule has 5 heteroatoms. The van der Waals surface area contributed by atoms with Gasteiger partial charge in [0.15, 0.2) is 0 Å². The van der Waals surface area contributed by atoms with Gasteiger partial charge in [-0.1, -0.05) is 0 Å². The summed E-state index contributed by atoms with van der Waals surface area (Å²) in [6.45, 7) is 0. The zero-order valence-electron chi connectivity index (χ0n) is 9.21. The second kappa shape index (κ2) is 4.69. The molecule has 0 radical (unpaired) electrons. The van der Waals surface area contributed by atoms with Gasteiger partial charge in [-0.15, -0.1) is 0 Å². The van der Waals surface area contributed by atoms with Crippen molar-refractivity contribution in [3.05, 3.63) is 36.2 Å². The van der Waals surface area contributed by atoms with E-state index in [2.05, 4.69) is 4.98 Å². The van der Waals surface area contributed by atoms with Gasteiger partial charge < -0.3 is 14.3 Å². The van der Waals surface area contributed by atoms with Crippen LogP contribution in [0.1, 0.15) is 5.76 Å². The van der Waals surface area contributed by atoms with E-state index in [0.717, 1.165) is 11.3 Å². The lowest BCUT2D eigenvalue weighted by molar-refractivity contribution is -0.136. The Morgan fingerprint density at radius 1 is 1.41 bits per heavy atom. The standard InChI is InChI=1S/C12H11NO4/c1-16-9-4-2-8(3-5-9)12-13-7-10(17-12)6-11(14)15/h2-5,7H,6H2,1H3,(H,14,15). The molecule has 0 amide bonds. The molecule has 5 nitrogen and oxygen atoms in total. The molecule has 88 valence electrons. The van der Waals surface area contributed by atoms with Gasteiger partial charge in [-0.25, -0.2) is 4.98 Å². The van der Waals surface area contributed by atoms with Crippen molar-refractivity contribution in [2.45, 2.75) is 6.42 Å². The number of carbonyl (C=O) groups is 1. The number of benzene rings is 1. The minimum atomic E-state index is -0.942. The molecule has 2 aromatic rings. The molecule has 0 bridgehead atoms. The van der Waals surface area contributed by atoms with E-state index in [-0.39, 0.29) is 6.42 Å². The average molecular weight is 233 g/mol. The number of carboxylic acids is 1. The maximum atomic E-state index is 10.5. The molecular formula is C12H11NO4. The summed E-state index contributed by atoms with van der Waals surface area (Å²) in [7, 11) is 1.59. The van der Waals surface area contributed by atoms with Crippen LogP contribution in [0.4, 0.5) is 0 Å². The van der Waals surface area contributed by atoms with E-state index >= 15 is 0 Å². The number of hydrogen-bond acceptors (Lipinski definition) is 4. The van der Waals surface area contributed by atoms with Crippen LogP contribution in [0.25, 0.3) is 11.5 Å². The van der Waals surface area contributed by atoms with Crippen LogP contribution in [-0.4, -0.2) is 23.2 Å². The molecule has 0 saturated heterocycles. The predicted molar refractivity (Wildman–Crippen MR) is 59.8 cm³/mol. The highest BCUT2D eigenvalue weighted by Gasteiger charge is 2.09. The number of aliphatic carboxylic acids is 1. The summed E-state index contributed by atoms with van der Waals surface area (Å²) in [6.07, 6.45) is 1.26. The third-order valence-electron chi connectivity index (χ3n) is 2.22. The first kappa shape index (κ1) is 11.2. The fraction of sp³-hybridized carbons (Fsp3) is 0.167. The minimum absolute atomic E-state index is 0.164. The van der Waals surface area contributed by atoms with Crippen molar-refractivity contribution in [3.8, 4) is 17.2 Å². The van der Waals surface area contributed by atoms with Gasteiger partial charge in [-0.05, 0) is 24.3 Å². The highest BCUT2D eigenvalue weighted by molar-refractivity contribution is 5.69. The smallest absolute Gasteiger partial charge is 0.311 e. The Morgan fingerprint density at radius 3 is 2.71 bits per heavy atom. The van der Waals surface area contributed by atoms with Gasteiger partial charge in [0.2, 0.25) is 5.89 Å². The SMILES string of the molecule is COc1ccc(-c2ncc(CC(=O)O)o2)cc1. The molecule has 1 aromatic heterocycles. The average Bonchev–Trinajstić information content (AvgIpc) is 2.77. The molecule has 0 atom stereocenters. The molecule has 0 fully saturated rings. The van der Waals surface area contributed by atoms with Gasteiger partial charge in [0, 0.05) is 5.56 Å². The molecular weight excluding hydrogens is 222 g/mol. The molecule has 0 aliphatic rings. The zero-order valence-corrected chi connectivity index (χ0v) is 9.21. The summed E-state index contributed by atoms with van der Waals surface area (Å²) in [4.78, 5) is 14.5. The zero-order chi connectivity index (χ0) is 12.3. The number of hydrogen-bond donors (Lipinski definition) is 1. The van der Waals surface area contributed by atoms with E-state index in [4.69, 9.17) is 14.3 Å². The monoisotopic (exact) mass is 233 g/mol. The molecule has 17 heavy (non-hydrogen) atoms. The highest BCUT2D eigenvalue weighted by atomic mass is 16.5. The van der Waals surface area contributed by atoms with Crippen molar-refractivity contribution < 1.29 is 19.1 Å². The number of nitrogens with zero attached hydrogens (tertiary/aromatic N) is 1. The Bertz CT molecular complexity index is 516. The summed E-state index contributed by atoms with van der Waals surface area (Å²) in [6, 6.07) is 7.18. The number of methoxy groups -OCH3 is 1. The topological polar surface area (TPSA) is 72.6 Å². The van der Waals surface area contributed by atoms with Gasteiger partial charge in [-0.3, -0.25) is 4.79 Å². The third-order valence-corrected chi connectivity index (χ3v) is 2.22. The van der Waals surface area contributed by atoms with Crippen molar-refractivity contribution in [3.63, 3.8) is 0 Å². The Kier molecular flexibility index (Phi) is 3.09. The Morgan fingerprint density at radius 2 is 2.12 bits per heavy atom. The predicted octanol–water partition coefficient (Wildman–Crippen LogP) is 1.98. The van der Waals surface area contributed by atoms with Gasteiger partial charge in [0.25, 0.3) is 0 Å². The largest absolute Gasteiger partial charge is 0.497 e. The first-order valence-corrected chi connectivity index (χ1v) is 5.00. The fourth-order valence-electron chi connectivity index (χ4n) is 1.41. The number of oxazole rings is 1. The van der Waals surface area contributed by atoms with Gasteiger partial charge in [-0.2, -0.15) is 0 Å². The third kappa shape index (κ3) is 2.63. The van der Waals surface area contributed by atoms with Crippen LogP contribution < -0.4 is 4.74 Å². The number of aromatic nitrogens is 1. The maximum Gasteiger partial charge on any atom is 0.311 e. The summed E-state index contributed by atoms with van der Waals surface area (Å²) in [5.74, 6) is 0.542. The Hall–Kier alpha value is -2.30. The summed E-state index contributed by atoms with van der Waals surface area (Å²) in [5.41, 5.74) is 0.780. The molecule has 0 aliphatic carbocycles. The van der Waals surface area contributed by atoms with Crippen molar-refractivity contribution in [1.29, 1.82) is 0 Å². The lowest BCUT2D eigenvalue weighted by Gasteiger charge is -1.99. The summed E-state index contributed by atoms with van der Waals surface area (Å²) < 4.78 is 10.4. The van der Waals surface area contributed by atoms with Crippen molar-refractivity contribution in [1.82, 2.24) is 4.98 Å². The first-order chi connectivity index (χ1) is 8.19. The van der Waals surface area contributed by atoms with Crippen LogP contribution in [0, 0.1) is 0 Å². The van der Waals surface area contributed by atoms with E-state index in [1.165, 1.54) is 6.20 Å². The van der Waals surface area contributed by atoms with E-state index in [1.807, 2.05) is 0 Å².